The Kier molecular flexibility index (Phi) is 8.17. The number of hydrogen-bond donors (Lipinski definition) is 1. The summed E-state index contributed by atoms with van der Waals surface area (Å²) in [5.74, 6) is -0.737. The van der Waals surface area contributed by atoms with E-state index in [9.17, 15) is 9.90 Å². The minimum Gasteiger partial charge on any atom is -0.452 e. The lowest BCUT2D eigenvalue weighted by molar-refractivity contribution is -0.184. The van der Waals surface area contributed by atoms with Gasteiger partial charge in [-0.25, -0.2) is 4.79 Å². The molecule has 0 saturated carbocycles. The van der Waals surface area contributed by atoms with E-state index >= 15 is 0 Å². The second kappa shape index (κ2) is 11.0. The minimum absolute atomic E-state index is 0.360. The summed E-state index contributed by atoms with van der Waals surface area (Å²) >= 11 is 0. The van der Waals surface area contributed by atoms with E-state index in [1.165, 1.54) is 0 Å². The molecule has 0 radical (unpaired) electrons. The molecule has 5 nitrogen and oxygen atoms in total. The Labute approximate surface area is 189 Å². The number of hydrogen-bond acceptors (Lipinski definition) is 5. The summed E-state index contributed by atoms with van der Waals surface area (Å²) in [6, 6.07) is 27.8. The highest BCUT2D eigenvalue weighted by molar-refractivity contribution is 5.76. The standard InChI is InChI=1S/C27H30O5/c1-27(2,19-30-3)32-25(22-17-11-6-12-18-22)24(21-15-9-5-10-16-21)31-26(29)23(28)20-13-7-4-8-14-20/h4-18,23-25,28H,19H2,1-3H3/t23-,24+,25-/m0/s1. The largest absolute Gasteiger partial charge is 0.452 e. The highest BCUT2D eigenvalue weighted by atomic mass is 16.6. The maximum atomic E-state index is 13.0. The van der Waals surface area contributed by atoms with Crippen LogP contribution in [-0.4, -0.2) is 30.4 Å². The monoisotopic (exact) mass is 434 g/mol. The van der Waals surface area contributed by atoms with E-state index in [0.717, 1.165) is 11.1 Å². The van der Waals surface area contributed by atoms with Crippen LogP contribution >= 0.6 is 0 Å². The Morgan fingerprint density at radius 2 is 1.22 bits per heavy atom. The zero-order chi connectivity index (χ0) is 23.0. The van der Waals surface area contributed by atoms with Gasteiger partial charge in [0.15, 0.2) is 12.2 Å². The molecule has 1 N–H and O–H groups in total. The quantitative estimate of drug-likeness (QED) is 0.445. The fourth-order valence-electron chi connectivity index (χ4n) is 3.58. The van der Waals surface area contributed by atoms with Crippen LogP contribution < -0.4 is 0 Å². The minimum atomic E-state index is -1.40. The molecule has 0 amide bonds. The molecule has 0 saturated heterocycles. The highest BCUT2D eigenvalue weighted by Gasteiger charge is 2.35. The summed E-state index contributed by atoms with van der Waals surface area (Å²) in [4.78, 5) is 13.0. The van der Waals surface area contributed by atoms with Crippen LogP contribution in [0.5, 0.6) is 0 Å². The zero-order valence-corrected chi connectivity index (χ0v) is 18.7. The van der Waals surface area contributed by atoms with E-state index in [1.807, 2.05) is 80.6 Å². The summed E-state index contributed by atoms with van der Waals surface area (Å²) in [6.07, 6.45) is -2.79. The van der Waals surface area contributed by atoms with Crippen LogP contribution in [0.4, 0.5) is 0 Å². The van der Waals surface area contributed by atoms with Crippen molar-refractivity contribution in [2.75, 3.05) is 13.7 Å². The van der Waals surface area contributed by atoms with Crippen molar-refractivity contribution in [2.45, 2.75) is 37.8 Å². The lowest BCUT2D eigenvalue weighted by atomic mass is 9.96. The lowest BCUT2D eigenvalue weighted by Gasteiger charge is -2.35. The van der Waals surface area contributed by atoms with Gasteiger partial charge in [0.2, 0.25) is 0 Å². The van der Waals surface area contributed by atoms with Crippen LogP contribution in [0.2, 0.25) is 0 Å². The van der Waals surface area contributed by atoms with Crippen molar-refractivity contribution in [2.24, 2.45) is 0 Å². The third kappa shape index (κ3) is 6.26. The molecule has 0 aliphatic heterocycles. The normalized spacial score (nSPS) is 14.4. The average Bonchev–Trinajstić information content (AvgIpc) is 2.82. The number of methoxy groups -OCH3 is 1. The van der Waals surface area contributed by atoms with Crippen LogP contribution in [0.1, 0.15) is 48.8 Å². The van der Waals surface area contributed by atoms with Crippen molar-refractivity contribution < 1.29 is 24.1 Å². The predicted octanol–water partition coefficient (Wildman–Crippen LogP) is 5.19. The Bertz CT molecular complexity index is 957. The molecule has 0 spiro atoms. The molecule has 0 bridgehead atoms. The van der Waals surface area contributed by atoms with E-state index in [-0.39, 0.29) is 0 Å². The Balaban J connectivity index is 1.98. The van der Waals surface area contributed by atoms with Gasteiger partial charge in [0.05, 0.1) is 12.2 Å². The van der Waals surface area contributed by atoms with Crippen LogP contribution in [0.25, 0.3) is 0 Å². The maximum absolute atomic E-state index is 13.0. The second-order valence-electron chi connectivity index (χ2n) is 8.22. The number of aliphatic hydroxyl groups is 1. The van der Waals surface area contributed by atoms with Crippen molar-refractivity contribution in [1.29, 1.82) is 0 Å². The molecule has 32 heavy (non-hydrogen) atoms. The molecule has 3 aromatic rings. The molecule has 0 fully saturated rings. The fourth-order valence-corrected chi connectivity index (χ4v) is 3.58. The fraction of sp³-hybridized carbons (Fsp3) is 0.296. The molecule has 3 atom stereocenters. The molecular formula is C27H30O5. The van der Waals surface area contributed by atoms with E-state index < -0.39 is 29.9 Å². The SMILES string of the molecule is COCC(C)(C)O[C@@H](c1ccccc1)[C@H](OC(=O)[C@@H](O)c1ccccc1)c1ccccc1. The van der Waals surface area contributed by atoms with Crippen LogP contribution in [0.15, 0.2) is 91.0 Å². The van der Waals surface area contributed by atoms with Crippen molar-refractivity contribution in [3.8, 4) is 0 Å². The van der Waals surface area contributed by atoms with Gasteiger partial charge >= 0.3 is 5.97 Å². The van der Waals surface area contributed by atoms with Gasteiger partial charge in [0, 0.05) is 7.11 Å². The molecule has 3 rings (SSSR count). The number of carbonyl (C=O) groups excluding carboxylic acids is 1. The van der Waals surface area contributed by atoms with Gasteiger partial charge in [-0.2, -0.15) is 0 Å². The van der Waals surface area contributed by atoms with Gasteiger partial charge in [-0.3, -0.25) is 0 Å². The Hall–Kier alpha value is -2.99. The first kappa shape index (κ1) is 23.7. The smallest absolute Gasteiger partial charge is 0.340 e. The van der Waals surface area contributed by atoms with Gasteiger partial charge < -0.3 is 19.3 Å². The Morgan fingerprint density at radius 1 is 0.781 bits per heavy atom. The van der Waals surface area contributed by atoms with Gasteiger partial charge in [-0.05, 0) is 30.5 Å². The van der Waals surface area contributed by atoms with Gasteiger partial charge in [0.25, 0.3) is 0 Å². The predicted molar refractivity (Wildman–Crippen MR) is 123 cm³/mol. The summed E-state index contributed by atoms with van der Waals surface area (Å²) in [5.41, 5.74) is 1.45. The number of ether oxygens (including phenoxy) is 3. The molecule has 0 aromatic heterocycles. The van der Waals surface area contributed by atoms with Crippen molar-refractivity contribution in [1.82, 2.24) is 0 Å². The van der Waals surface area contributed by atoms with Crippen molar-refractivity contribution in [3.05, 3.63) is 108 Å². The third-order valence-corrected chi connectivity index (χ3v) is 5.05. The topological polar surface area (TPSA) is 65.0 Å². The first-order valence-corrected chi connectivity index (χ1v) is 10.6. The highest BCUT2D eigenvalue weighted by Crippen LogP contribution is 2.39. The number of rotatable bonds is 10. The number of esters is 1. The third-order valence-electron chi connectivity index (χ3n) is 5.05. The van der Waals surface area contributed by atoms with Crippen molar-refractivity contribution in [3.63, 3.8) is 0 Å². The van der Waals surface area contributed by atoms with Crippen LogP contribution in [-0.2, 0) is 19.0 Å². The molecule has 0 heterocycles. The van der Waals surface area contributed by atoms with E-state index in [4.69, 9.17) is 14.2 Å². The zero-order valence-electron chi connectivity index (χ0n) is 18.7. The second-order valence-corrected chi connectivity index (χ2v) is 8.22. The van der Waals surface area contributed by atoms with Crippen LogP contribution in [0, 0.1) is 0 Å². The van der Waals surface area contributed by atoms with E-state index in [2.05, 4.69) is 0 Å². The molecule has 3 aromatic carbocycles. The van der Waals surface area contributed by atoms with Gasteiger partial charge in [0.1, 0.15) is 6.10 Å². The average molecular weight is 435 g/mol. The number of benzene rings is 3. The number of aliphatic hydroxyl groups excluding tert-OH is 1. The van der Waals surface area contributed by atoms with Gasteiger partial charge in [-0.1, -0.05) is 91.0 Å². The van der Waals surface area contributed by atoms with Crippen molar-refractivity contribution >= 4 is 5.97 Å². The molecule has 168 valence electrons. The summed E-state index contributed by atoms with van der Waals surface area (Å²) < 4.78 is 17.8. The first-order valence-electron chi connectivity index (χ1n) is 10.6. The molecule has 0 aliphatic carbocycles. The summed E-state index contributed by atoms with van der Waals surface area (Å²) in [7, 11) is 1.62. The number of carbonyl (C=O) groups is 1. The Morgan fingerprint density at radius 3 is 1.69 bits per heavy atom. The first-order chi connectivity index (χ1) is 15.4. The van der Waals surface area contributed by atoms with E-state index in [0.29, 0.717) is 12.2 Å². The maximum Gasteiger partial charge on any atom is 0.340 e. The summed E-state index contributed by atoms with van der Waals surface area (Å²) in [5, 5.41) is 10.6. The summed E-state index contributed by atoms with van der Waals surface area (Å²) in [6.45, 7) is 4.21. The molecule has 5 heteroatoms. The lowest BCUT2D eigenvalue weighted by Crippen LogP contribution is -2.35. The van der Waals surface area contributed by atoms with E-state index in [1.54, 1.807) is 31.4 Å². The van der Waals surface area contributed by atoms with Crippen LogP contribution in [0.3, 0.4) is 0 Å². The van der Waals surface area contributed by atoms with Gasteiger partial charge in [-0.15, -0.1) is 0 Å². The molecule has 0 unspecified atom stereocenters. The molecule has 0 aliphatic rings. The molecular weight excluding hydrogens is 404 g/mol.